The molecule has 2 aromatic rings. The zero-order valence-corrected chi connectivity index (χ0v) is 17.4. The molecule has 0 aliphatic heterocycles. The highest BCUT2D eigenvalue weighted by atomic mass is 35.5. The van der Waals surface area contributed by atoms with Crippen molar-refractivity contribution in [3.8, 4) is 5.75 Å². The van der Waals surface area contributed by atoms with Crippen molar-refractivity contribution in [2.75, 3.05) is 19.7 Å². The Balaban J connectivity index is 1.95. The number of nitrogens with one attached hydrogen (secondary N) is 2. The molecule has 2 N–H and O–H groups in total. The van der Waals surface area contributed by atoms with Crippen LogP contribution in [0.1, 0.15) is 36.5 Å². The van der Waals surface area contributed by atoms with Crippen LogP contribution < -0.4 is 14.8 Å². The highest BCUT2D eigenvalue weighted by Gasteiger charge is 2.18. The summed E-state index contributed by atoms with van der Waals surface area (Å²) in [6, 6.07) is 13.2. The van der Waals surface area contributed by atoms with Gasteiger partial charge in [-0.25, -0.2) is 13.1 Å². The molecule has 0 spiro atoms. The van der Waals surface area contributed by atoms with E-state index in [1.54, 1.807) is 12.1 Å². The molecule has 0 saturated heterocycles. The number of rotatable bonds is 11. The molecule has 152 valence electrons. The van der Waals surface area contributed by atoms with Crippen molar-refractivity contribution < 1.29 is 17.9 Å². The van der Waals surface area contributed by atoms with Crippen LogP contribution in [0.2, 0.25) is 5.02 Å². The minimum absolute atomic E-state index is 0.0182. The van der Waals surface area contributed by atoms with E-state index in [0.717, 1.165) is 19.3 Å². The third-order valence-corrected chi connectivity index (χ3v) is 5.75. The fourth-order valence-corrected chi connectivity index (χ4v) is 3.70. The minimum atomic E-state index is -3.79. The van der Waals surface area contributed by atoms with Gasteiger partial charge in [0.2, 0.25) is 10.0 Å². The molecule has 0 radical (unpaired) electrons. The molecular weight excluding hydrogens is 400 g/mol. The van der Waals surface area contributed by atoms with Gasteiger partial charge < -0.3 is 10.1 Å². The second-order valence-electron chi connectivity index (χ2n) is 6.16. The molecule has 0 bridgehead atoms. The Labute approximate surface area is 171 Å². The van der Waals surface area contributed by atoms with Gasteiger partial charge in [-0.05, 0) is 36.8 Å². The van der Waals surface area contributed by atoms with Crippen LogP contribution in [0.3, 0.4) is 0 Å². The molecule has 0 heterocycles. The number of halogens is 1. The molecule has 6 nitrogen and oxygen atoms in total. The van der Waals surface area contributed by atoms with Crippen LogP contribution in [0.25, 0.3) is 0 Å². The van der Waals surface area contributed by atoms with E-state index in [0.29, 0.717) is 12.3 Å². The van der Waals surface area contributed by atoms with Gasteiger partial charge in [0, 0.05) is 13.1 Å². The van der Waals surface area contributed by atoms with Gasteiger partial charge in [-0.1, -0.05) is 49.6 Å². The first kappa shape index (κ1) is 22.2. The largest absolute Gasteiger partial charge is 0.492 e. The van der Waals surface area contributed by atoms with Crippen LogP contribution >= 0.6 is 11.6 Å². The minimum Gasteiger partial charge on any atom is -0.492 e. The third-order valence-electron chi connectivity index (χ3n) is 3.96. The van der Waals surface area contributed by atoms with Crippen LogP contribution in [0, 0.1) is 0 Å². The summed E-state index contributed by atoms with van der Waals surface area (Å²) in [5.41, 5.74) is 0.140. The lowest BCUT2D eigenvalue weighted by molar-refractivity contribution is 0.0953. The topological polar surface area (TPSA) is 84.5 Å². The van der Waals surface area contributed by atoms with Gasteiger partial charge in [0.05, 0.1) is 15.5 Å². The van der Waals surface area contributed by atoms with Gasteiger partial charge in [-0.2, -0.15) is 0 Å². The van der Waals surface area contributed by atoms with Gasteiger partial charge in [0.1, 0.15) is 12.4 Å². The van der Waals surface area contributed by atoms with Crippen molar-refractivity contribution in [3.05, 3.63) is 59.1 Å². The predicted octanol–water partition coefficient (Wildman–Crippen LogP) is 3.62. The fourth-order valence-electron chi connectivity index (χ4n) is 2.46. The molecule has 0 aliphatic rings. The highest BCUT2D eigenvalue weighted by Crippen LogP contribution is 2.20. The SMILES string of the molecule is CCCCCNC(=O)c1cc(S(=O)(=O)NCCOc2ccccc2)ccc1Cl. The predicted molar refractivity (Wildman–Crippen MR) is 110 cm³/mol. The molecule has 1 amide bonds. The first-order valence-electron chi connectivity index (χ1n) is 9.19. The Morgan fingerprint density at radius 2 is 1.82 bits per heavy atom. The maximum Gasteiger partial charge on any atom is 0.252 e. The number of para-hydroxylation sites is 1. The number of sulfonamides is 1. The van der Waals surface area contributed by atoms with Crippen LogP contribution in [0.5, 0.6) is 5.75 Å². The number of hydrogen-bond donors (Lipinski definition) is 2. The second kappa shape index (κ2) is 11.0. The lowest BCUT2D eigenvalue weighted by atomic mass is 10.2. The fraction of sp³-hybridized carbons (Fsp3) is 0.350. The number of unbranched alkanes of at least 4 members (excludes halogenated alkanes) is 2. The summed E-state index contributed by atoms with van der Waals surface area (Å²) < 4.78 is 32.9. The summed E-state index contributed by atoms with van der Waals surface area (Å²) in [6.45, 7) is 2.87. The van der Waals surface area contributed by atoms with Gasteiger partial charge in [0.25, 0.3) is 5.91 Å². The quantitative estimate of drug-likeness (QED) is 0.539. The zero-order chi connectivity index (χ0) is 20.4. The van der Waals surface area contributed by atoms with Gasteiger partial charge >= 0.3 is 0 Å². The maximum absolute atomic E-state index is 12.5. The average molecular weight is 425 g/mol. The Bertz CT molecular complexity index is 873. The molecule has 0 aromatic heterocycles. The van der Waals surface area contributed by atoms with E-state index in [-0.39, 0.29) is 34.5 Å². The third kappa shape index (κ3) is 6.82. The van der Waals surface area contributed by atoms with Gasteiger partial charge in [-0.15, -0.1) is 0 Å². The summed E-state index contributed by atoms with van der Waals surface area (Å²) >= 11 is 6.08. The maximum atomic E-state index is 12.5. The number of carbonyl (C=O) groups is 1. The average Bonchev–Trinajstić information content (AvgIpc) is 2.69. The van der Waals surface area contributed by atoms with Gasteiger partial charge in [0.15, 0.2) is 0 Å². The van der Waals surface area contributed by atoms with Crippen molar-refractivity contribution >= 4 is 27.5 Å². The Morgan fingerprint density at radius 1 is 1.07 bits per heavy atom. The van der Waals surface area contributed by atoms with Crippen molar-refractivity contribution in [1.82, 2.24) is 10.0 Å². The second-order valence-corrected chi connectivity index (χ2v) is 8.34. The molecule has 8 heteroatoms. The van der Waals surface area contributed by atoms with E-state index in [1.165, 1.54) is 18.2 Å². The molecule has 0 saturated carbocycles. The molecular formula is C20H25ClN2O4S. The number of amides is 1. The molecule has 2 aromatic carbocycles. The first-order valence-corrected chi connectivity index (χ1v) is 11.1. The zero-order valence-electron chi connectivity index (χ0n) is 15.8. The lowest BCUT2D eigenvalue weighted by Gasteiger charge is -2.11. The van der Waals surface area contributed by atoms with E-state index in [9.17, 15) is 13.2 Å². The molecule has 0 aliphatic carbocycles. The Morgan fingerprint density at radius 3 is 2.54 bits per heavy atom. The van der Waals surface area contributed by atoms with Gasteiger partial charge in [-0.3, -0.25) is 4.79 Å². The normalized spacial score (nSPS) is 11.2. The molecule has 0 fully saturated rings. The van der Waals surface area contributed by atoms with Crippen LogP contribution in [0.4, 0.5) is 0 Å². The first-order chi connectivity index (χ1) is 13.4. The molecule has 0 atom stereocenters. The van der Waals surface area contributed by atoms with Crippen LogP contribution in [0.15, 0.2) is 53.4 Å². The summed E-state index contributed by atoms with van der Waals surface area (Å²) in [5, 5.41) is 2.97. The Kier molecular flexibility index (Phi) is 8.76. The summed E-state index contributed by atoms with van der Waals surface area (Å²) in [4.78, 5) is 12.3. The summed E-state index contributed by atoms with van der Waals surface area (Å²) in [6.07, 6.45) is 2.92. The van der Waals surface area contributed by atoms with Crippen LogP contribution in [-0.4, -0.2) is 34.0 Å². The van der Waals surface area contributed by atoms with Crippen LogP contribution in [-0.2, 0) is 10.0 Å². The van der Waals surface area contributed by atoms with Crippen molar-refractivity contribution in [3.63, 3.8) is 0 Å². The lowest BCUT2D eigenvalue weighted by Crippen LogP contribution is -2.29. The highest BCUT2D eigenvalue weighted by molar-refractivity contribution is 7.89. The number of ether oxygens (including phenoxy) is 1. The van der Waals surface area contributed by atoms with E-state index in [4.69, 9.17) is 16.3 Å². The van der Waals surface area contributed by atoms with E-state index >= 15 is 0 Å². The van der Waals surface area contributed by atoms with Crippen molar-refractivity contribution in [2.24, 2.45) is 0 Å². The number of hydrogen-bond acceptors (Lipinski definition) is 4. The number of carbonyl (C=O) groups excluding carboxylic acids is 1. The molecule has 2 rings (SSSR count). The van der Waals surface area contributed by atoms with E-state index in [1.807, 2.05) is 18.2 Å². The summed E-state index contributed by atoms with van der Waals surface area (Å²) in [7, 11) is -3.79. The molecule has 28 heavy (non-hydrogen) atoms. The summed E-state index contributed by atoms with van der Waals surface area (Å²) in [5.74, 6) is 0.279. The Hall–Kier alpha value is -2.09. The van der Waals surface area contributed by atoms with Crippen molar-refractivity contribution in [2.45, 2.75) is 31.1 Å². The number of benzene rings is 2. The standard InChI is InChI=1S/C20H25ClN2O4S/c1-2-3-7-12-22-20(24)18-15-17(10-11-19(18)21)28(25,26)23-13-14-27-16-8-5-4-6-9-16/h4-6,8-11,15,23H,2-3,7,12-14H2,1H3,(H,22,24). The monoisotopic (exact) mass is 424 g/mol. The van der Waals surface area contributed by atoms with E-state index < -0.39 is 10.0 Å². The van der Waals surface area contributed by atoms with E-state index in [2.05, 4.69) is 17.0 Å². The molecule has 0 unspecified atom stereocenters. The van der Waals surface area contributed by atoms with Crippen molar-refractivity contribution in [1.29, 1.82) is 0 Å². The smallest absolute Gasteiger partial charge is 0.252 e.